The number of ether oxygens (including phenoxy) is 2. The van der Waals surface area contributed by atoms with Crippen LogP contribution in [0.25, 0.3) is 5.76 Å². The van der Waals surface area contributed by atoms with Gasteiger partial charge in [-0.05, 0) is 42.0 Å². The summed E-state index contributed by atoms with van der Waals surface area (Å²) in [6.45, 7) is 7.74. The first kappa shape index (κ1) is 24.0. The number of carbonyl (C=O) groups is 2. The number of carbonyl (C=O) groups excluding carboxylic acids is 2. The Hall–Kier alpha value is -3.13. The second-order valence-corrected chi connectivity index (χ2v) is 8.56. The number of ketones is 1. The molecule has 0 aliphatic carbocycles. The number of Topliss-reactive ketones (excluding diaryl/α,β-unsaturated/α-hetero) is 1. The second kappa shape index (κ2) is 10.9. The minimum Gasteiger partial charge on any atom is -0.507 e. The molecule has 2 aromatic rings. The lowest BCUT2D eigenvalue weighted by Crippen LogP contribution is -2.42. The van der Waals surface area contributed by atoms with Crippen molar-refractivity contribution < 1.29 is 24.2 Å². The number of hydrogen-bond donors (Lipinski definition) is 1. The van der Waals surface area contributed by atoms with Gasteiger partial charge in [0.15, 0.2) is 0 Å². The van der Waals surface area contributed by atoms with Gasteiger partial charge in [0.1, 0.15) is 18.1 Å². The summed E-state index contributed by atoms with van der Waals surface area (Å²) in [6, 6.07) is 13.0. The summed E-state index contributed by atoms with van der Waals surface area (Å²) in [7, 11) is 0. The van der Waals surface area contributed by atoms with E-state index in [0.29, 0.717) is 54.8 Å². The summed E-state index contributed by atoms with van der Waals surface area (Å²) in [5.41, 5.74) is 1.14. The van der Waals surface area contributed by atoms with E-state index in [2.05, 4.69) is 11.5 Å². The summed E-state index contributed by atoms with van der Waals surface area (Å²) in [5, 5.41) is 11.7. The van der Waals surface area contributed by atoms with Crippen LogP contribution in [0.4, 0.5) is 0 Å². The Bertz CT molecular complexity index is 1090. The lowest BCUT2D eigenvalue weighted by Gasteiger charge is -2.31. The molecule has 1 N–H and O–H groups in total. The second-order valence-electron chi connectivity index (χ2n) is 8.13. The van der Waals surface area contributed by atoms with Gasteiger partial charge >= 0.3 is 0 Å². The summed E-state index contributed by atoms with van der Waals surface area (Å²) in [5.74, 6) is -0.969. The smallest absolute Gasteiger partial charge is 0.295 e. The van der Waals surface area contributed by atoms with Gasteiger partial charge in [-0.2, -0.15) is 0 Å². The maximum atomic E-state index is 13.1. The van der Waals surface area contributed by atoms with Gasteiger partial charge in [-0.15, -0.1) is 0 Å². The van der Waals surface area contributed by atoms with E-state index >= 15 is 0 Å². The van der Waals surface area contributed by atoms with Crippen molar-refractivity contribution in [3.8, 4) is 5.75 Å². The molecule has 2 saturated heterocycles. The van der Waals surface area contributed by atoms with Gasteiger partial charge in [-0.25, -0.2) is 0 Å². The number of amides is 1. The quantitative estimate of drug-likeness (QED) is 0.268. The molecule has 2 aliphatic rings. The third-order valence-electron chi connectivity index (χ3n) is 5.96. The van der Waals surface area contributed by atoms with E-state index in [0.717, 1.165) is 13.1 Å². The Morgan fingerprint density at radius 3 is 2.56 bits per heavy atom. The van der Waals surface area contributed by atoms with Crippen molar-refractivity contribution in [3.05, 3.63) is 82.9 Å². The first-order valence-corrected chi connectivity index (χ1v) is 11.6. The highest BCUT2D eigenvalue weighted by atomic mass is 35.5. The van der Waals surface area contributed by atoms with E-state index in [-0.39, 0.29) is 11.3 Å². The molecule has 0 spiro atoms. The molecule has 1 amide bonds. The fraction of sp³-hybridized carbons (Fsp3) is 0.308. The van der Waals surface area contributed by atoms with E-state index in [1.165, 1.54) is 4.90 Å². The number of aliphatic hydroxyl groups excluding tert-OH is 1. The van der Waals surface area contributed by atoms with Gasteiger partial charge in [0.25, 0.3) is 11.7 Å². The monoisotopic (exact) mass is 482 g/mol. The topological polar surface area (TPSA) is 79.3 Å². The molecule has 0 saturated carbocycles. The summed E-state index contributed by atoms with van der Waals surface area (Å²) in [6.07, 6.45) is 1.64. The van der Waals surface area contributed by atoms with Crippen LogP contribution in [0.5, 0.6) is 5.75 Å². The number of morpholine rings is 1. The highest BCUT2D eigenvalue weighted by molar-refractivity contribution is 6.46. The molecule has 2 heterocycles. The van der Waals surface area contributed by atoms with Crippen molar-refractivity contribution in [1.82, 2.24) is 9.80 Å². The molecule has 178 valence electrons. The average molecular weight is 483 g/mol. The Morgan fingerprint density at radius 1 is 1.15 bits per heavy atom. The van der Waals surface area contributed by atoms with E-state index in [1.807, 2.05) is 6.07 Å². The van der Waals surface area contributed by atoms with Gasteiger partial charge in [-0.1, -0.05) is 36.4 Å². The lowest BCUT2D eigenvalue weighted by atomic mass is 9.95. The van der Waals surface area contributed by atoms with Gasteiger partial charge < -0.3 is 19.5 Å². The van der Waals surface area contributed by atoms with Crippen LogP contribution in [0, 0.1) is 0 Å². The van der Waals surface area contributed by atoms with Gasteiger partial charge in [0, 0.05) is 36.8 Å². The van der Waals surface area contributed by atoms with Crippen LogP contribution in [0.3, 0.4) is 0 Å². The maximum absolute atomic E-state index is 13.1. The zero-order valence-corrected chi connectivity index (χ0v) is 19.5. The SMILES string of the molecule is C=CCOc1ccc(C(O)=C2C(=O)C(=O)N(CCN3CCOCC3)[C@H]2c2cccc(Cl)c2)cc1. The molecule has 2 fully saturated rings. The largest absolute Gasteiger partial charge is 0.507 e. The first-order chi connectivity index (χ1) is 16.5. The molecule has 0 bridgehead atoms. The third-order valence-corrected chi connectivity index (χ3v) is 6.20. The van der Waals surface area contributed by atoms with Crippen molar-refractivity contribution in [2.24, 2.45) is 0 Å². The number of likely N-dealkylation sites (tertiary alicyclic amines) is 1. The fourth-order valence-electron chi connectivity index (χ4n) is 4.23. The van der Waals surface area contributed by atoms with Crippen LogP contribution < -0.4 is 4.74 Å². The highest BCUT2D eigenvalue weighted by Crippen LogP contribution is 2.40. The molecule has 34 heavy (non-hydrogen) atoms. The van der Waals surface area contributed by atoms with Crippen LogP contribution in [0.15, 0.2) is 66.8 Å². The number of hydrogen-bond acceptors (Lipinski definition) is 6. The Labute approximate surface area is 203 Å². The molecule has 7 nitrogen and oxygen atoms in total. The van der Waals surface area contributed by atoms with Gasteiger partial charge in [0.2, 0.25) is 0 Å². The molecule has 2 aliphatic heterocycles. The van der Waals surface area contributed by atoms with E-state index < -0.39 is 17.7 Å². The Morgan fingerprint density at radius 2 is 1.88 bits per heavy atom. The van der Waals surface area contributed by atoms with Crippen molar-refractivity contribution in [1.29, 1.82) is 0 Å². The van der Waals surface area contributed by atoms with Crippen molar-refractivity contribution in [3.63, 3.8) is 0 Å². The predicted octanol–water partition coefficient (Wildman–Crippen LogP) is 3.66. The minimum atomic E-state index is -0.739. The number of nitrogens with zero attached hydrogens (tertiary/aromatic N) is 2. The predicted molar refractivity (Wildman–Crippen MR) is 130 cm³/mol. The number of benzene rings is 2. The van der Waals surface area contributed by atoms with Crippen molar-refractivity contribution in [2.75, 3.05) is 46.0 Å². The summed E-state index contributed by atoms with van der Waals surface area (Å²) in [4.78, 5) is 30.0. The molecule has 0 radical (unpaired) electrons. The number of halogens is 1. The van der Waals surface area contributed by atoms with Crippen molar-refractivity contribution in [2.45, 2.75) is 6.04 Å². The van der Waals surface area contributed by atoms with Crippen LogP contribution in [0.1, 0.15) is 17.2 Å². The molecule has 1 atom stereocenters. The third kappa shape index (κ3) is 5.17. The normalized spacial score (nSPS) is 20.5. The molecule has 2 aromatic carbocycles. The summed E-state index contributed by atoms with van der Waals surface area (Å²) >= 11 is 6.24. The average Bonchev–Trinajstić information content (AvgIpc) is 3.11. The fourth-order valence-corrected chi connectivity index (χ4v) is 4.43. The van der Waals surface area contributed by atoms with Crippen LogP contribution >= 0.6 is 11.6 Å². The Balaban J connectivity index is 1.69. The zero-order valence-electron chi connectivity index (χ0n) is 18.8. The molecule has 0 aromatic heterocycles. The summed E-state index contributed by atoms with van der Waals surface area (Å²) < 4.78 is 10.9. The Kier molecular flexibility index (Phi) is 7.67. The van der Waals surface area contributed by atoms with Crippen molar-refractivity contribution >= 4 is 29.1 Å². The molecular weight excluding hydrogens is 456 g/mol. The highest BCUT2D eigenvalue weighted by Gasteiger charge is 2.46. The van der Waals surface area contributed by atoms with Crippen LogP contribution in [0.2, 0.25) is 5.02 Å². The lowest BCUT2D eigenvalue weighted by molar-refractivity contribution is -0.140. The van der Waals surface area contributed by atoms with Gasteiger partial charge in [0.05, 0.1) is 24.8 Å². The molecule has 4 rings (SSSR count). The van der Waals surface area contributed by atoms with Gasteiger partial charge in [-0.3, -0.25) is 14.5 Å². The zero-order chi connectivity index (χ0) is 24.1. The maximum Gasteiger partial charge on any atom is 0.295 e. The molecular formula is C26H27ClN2O5. The number of rotatable bonds is 8. The number of aliphatic hydroxyl groups is 1. The standard InChI is InChI=1S/C26H27ClN2O5/c1-2-14-34-21-8-6-18(7-9-21)24(30)22-23(19-4-3-5-20(27)17-19)29(26(32)25(22)31)11-10-28-12-15-33-16-13-28/h2-9,17,23,30H,1,10-16H2/t23-/m0/s1. The van der Waals surface area contributed by atoms with E-state index in [9.17, 15) is 14.7 Å². The molecule has 8 heteroatoms. The van der Waals surface area contributed by atoms with E-state index in [1.54, 1.807) is 48.5 Å². The first-order valence-electron chi connectivity index (χ1n) is 11.2. The molecule has 0 unspecified atom stereocenters. The van der Waals surface area contributed by atoms with Crippen LogP contribution in [-0.4, -0.2) is 72.6 Å². The minimum absolute atomic E-state index is 0.0500. The van der Waals surface area contributed by atoms with Crippen LogP contribution in [-0.2, 0) is 14.3 Å². The van der Waals surface area contributed by atoms with E-state index in [4.69, 9.17) is 21.1 Å².